The predicted molar refractivity (Wildman–Crippen MR) is 181 cm³/mol. The molecule has 0 radical (unpaired) electrons. The minimum atomic E-state index is -0.471. The van der Waals surface area contributed by atoms with Crippen LogP contribution in [0.2, 0.25) is 0 Å². The first kappa shape index (κ1) is 33.1. The lowest BCUT2D eigenvalue weighted by Crippen LogP contribution is -2.34. The summed E-state index contributed by atoms with van der Waals surface area (Å²) in [6.07, 6.45) is 18.9. The molecule has 2 aliphatic heterocycles. The Hall–Kier alpha value is -2.77. The van der Waals surface area contributed by atoms with Gasteiger partial charge in [-0.3, -0.25) is 0 Å². The number of rotatable bonds is 12. The summed E-state index contributed by atoms with van der Waals surface area (Å²) in [6.45, 7) is 5.66. The number of hydrogen-bond acceptors (Lipinski definition) is 6. The van der Waals surface area contributed by atoms with Crippen LogP contribution in [0, 0.1) is 23.7 Å². The summed E-state index contributed by atoms with van der Waals surface area (Å²) in [7, 11) is 0. The maximum Gasteiger partial charge on any atom is 0.331 e. The van der Waals surface area contributed by atoms with E-state index in [4.69, 9.17) is 24.0 Å². The monoisotopic (exact) mass is 628 g/mol. The molecule has 4 atom stereocenters. The standard InChI is InChI=1S/C40H52O6/c1-28-5-9-32(10-6-28)24-34-17-13-30(14-18-34)4-3-23-44-46-37-27-43-39-36(26-42-40(37)39)45-38(41)22-21-31-15-19-35(20-16-31)25-33-11-7-29(2)8-12-33/h3-4,13-22,28-29,32-33,36-37,39-40H,5-12,23-27H2,1-2H3/t28?,29?,32?,33?,36?,37-,39+,40+/m0/s1. The van der Waals surface area contributed by atoms with Gasteiger partial charge < -0.3 is 14.2 Å². The lowest BCUT2D eigenvalue weighted by molar-refractivity contribution is -0.326. The van der Waals surface area contributed by atoms with Crippen molar-refractivity contribution in [1.82, 2.24) is 0 Å². The van der Waals surface area contributed by atoms with Crippen molar-refractivity contribution in [2.75, 3.05) is 19.8 Å². The summed E-state index contributed by atoms with van der Waals surface area (Å²) in [6, 6.07) is 17.3. The normalized spacial score (nSPS) is 31.4. The highest BCUT2D eigenvalue weighted by Gasteiger charge is 2.50. The van der Waals surface area contributed by atoms with Crippen molar-refractivity contribution in [3.63, 3.8) is 0 Å². The molecule has 46 heavy (non-hydrogen) atoms. The first-order valence-electron chi connectivity index (χ1n) is 17.7. The van der Waals surface area contributed by atoms with E-state index in [0.717, 1.165) is 41.2 Å². The second kappa shape index (κ2) is 16.4. The summed E-state index contributed by atoms with van der Waals surface area (Å²) in [4.78, 5) is 23.7. The topological polar surface area (TPSA) is 63.2 Å². The van der Waals surface area contributed by atoms with Gasteiger partial charge >= 0.3 is 5.97 Å². The van der Waals surface area contributed by atoms with Gasteiger partial charge in [0.25, 0.3) is 0 Å². The molecule has 6 rings (SSSR count). The predicted octanol–water partition coefficient (Wildman–Crippen LogP) is 8.18. The molecule has 0 aromatic heterocycles. The molecule has 2 saturated carbocycles. The van der Waals surface area contributed by atoms with E-state index < -0.39 is 12.1 Å². The van der Waals surface area contributed by atoms with E-state index in [1.54, 1.807) is 6.08 Å². The third-order valence-electron chi connectivity index (χ3n) is 10.6. The molecular weight excluding hydrogens is 576 g/mol. The number of carbonyl (C=O) groups is 1. The summed E-state index contributed by atoms with van der Waals surface area (Å²) < 4.78 is 17.5. The fourth-order valence-corrected chi connectivity index (χ4v) is 7.58. The van der Waals surface area contributed by atoms with E-state index in [2.05, 4.69) is 62.4 Å². The van der Waals surface area contributed by atoms with Gasteiger partial charge in [0.2, 0.25) is 0 Å². The van der Waals surface area contributed by atoms with Crippen LogP contribution >= 0.6 is 0 Å². The van der Waals surface area contributed by atoms with Gasteiger partial charge in [-0.2, -0.15) is 0 Å². The molecule has 0 N–H and O–H groups in total. The molecule has 2 aromatic rings. The molecule has 1 unspecified atom stereocenters. The Labute approximate surface area is 275 Å². The van der Waals surface area contributed by atoms with Crippen LogP contribution in [0.15, 0.2) is 60.7 Å². The van der Waals surface area contributed by atoms with E-state index in [1.807, 2.05) is 12.2 Å². The Morgan fingerprint density at radius 3 is 1.76 bits per heavy atom. The maximum atomic E-state index is 12.6. The molecule has 2 heterocycles. The number of ether oxygens (including phenoxy) is 3. The Bertz CT molecular complexity index is 1280. The number of carbonyl (C=O) groups excluding carboxylic acids is 1. The third-order valence-corrected chi connectivity index (χ3v) is 10.6. The van der Waals surface area contributed by atoms with E-state index in [-0.39, 0.29) is 24.9 Å². The lowest BCUT2D eigenvalue weighted by Gasteiger charge is -2.26. The largest absolute Gasteiger partial charge is 0.454 e. The van der Waals surface area contributed by atoms with Crippen LogP contribution in [0.4, 0.5) is 0 Å². The molecule has 6 nitrogen and oxygen atoms in total. The quantitative estimate of drug-likeness (QED) is 0.0777. The highest BCUT2D eigenvalue weighted by molar-refractivity contribution is 5.87. The number of hydrogen-bond donors (Lipinski definition) is 0. The van der Waals surface area contributed by atoms with Crippen molar-refractivity contribution in [2.45, 2.75) is 102 Å². The van der Waals surface area contributed by atoms with Crippen LogP contribution in [-0.4, -0.2) is 50.2 Å². The maximum absolute atomic E-state index is 12.6. The first-order valence-corrected chi connectivity index (χ1v) is 17.7. The molecule has 6 heteroatoms. The van der Waals surface area contributed by atoms with Crippen LogP contribution < -0.4 is 0 Å². The Morgan fingerprint density at radius 1 is 0.696 bits per heavy atom. The SMILES string of the molecule is CC1CCC(Cc2ccc(C=CCOO[C@H]3CO[C@@H]4C(OC(=O)C=Cc5ccc(CC6CCC(C)CC6)cc5)CO[C@H]34)cc2)CC1. The van der Waals surface area contributed by atoms with Crippen LogP contribution in [-0.2, 0) is 41.6 Å². The summed E-state index contributed by atoms with van der Waals surface area (Å²) in [5.74, 6) is 3.00. The molecule has 0 amide bonds. The number of esters is 1. The Balaban J connectivity index is 0.873. The summed E-state index contributed by atoms with van der Waals surface area (Å²) in [5, 5.41) is 0. The van der Waals surface area contributed by atoms with Gasteiger partial charge in [0.15, 0.2) is 6.10 Å². The molecule has 4 fully saturated rings. The molecule has 2 aliphatic carbocycles. The van der Waals surface area contributed by atoms with Gasteiger partial charge in [0.1, 0.15) is 24.9 Å². The van der Waals surface area contributed by atoms with E-state index in [9.17, 15) is 4.79 Å². The summed E-state index contributed by atoms with van der Waals surface area (Å²) in [5.41, 5.74) is 4.92. The van der Waals surface area contributed by atoms with Crippen LogP contribution in [0.3, 0.4) is 0 Å². The zero-order chi connectivity index (χ0) is 31.7. The lowest BCUT2D eigenvalue weighted by atomic mass is 9.80. The molecule has 0 bridgehead atoms. The number of fused-ring (bicyclic) bond motifs is 1. The molecule has 4 aliphatic rings. The second-order valence-electron chi connectivity index (χ2n) is 14.4. The van der Waals surface area contributed by atoms with Gasteiger partial charge in [-0.1, -0.05) is 100 Å². The van der Waals surface area contributed by atoms with Gasteiger partial charge in [-0.05, 0) is 90.5 Å². The number of benzene rings is 2. The van der Waals surface area contributed by atoms with Crippen molar-refractivity contribution < 1.29 is 28.8 Å². The minimum absolute atomic E-state index is 0.277. The molecule has 2 aromatic carbocycles. The smallest absolute Gasteiger partial charge is 0.331 e. The highest BCUT2D eigenvalue weighted by atomic mass is 17.2. The van der Waals surface area contributed by atoms with Crippen molar-refractivity contribution in [3.05, 3.63) is 82.9 Å². The Morgan fingerprint density at radius 2 is 1.20 bits per heavy atom. The molecular formula is C40H52O6. The van der Waals surface area contributed by atoms with Crippen LogP contribution in [0.25, 0.3) is 12.2 Å². The van der Waals surface area contributed by atoms with E-state index in [1.165, 1.54) is 75.0 Å². The van der Waals surface area contributed by atoms with Crippen molar-refractivity contribution >= 4 is 18.1 Å². The van der Waals surface area contributed by atoms with Gasteiger partial charge in [0.05, 0.1) is 13.2 Å². The first-order chi connectivity index (χ1) is 22.5. The van der Waals surface area contributed by atoms with Crippen molar-refractivity contribution in [1.29, 1.82) is 0 Å². The van der Waals surface area contributed by atoms with Crippen LogP contribution in [0.5, 0.6) is 0 Å². The third kappa shape index (κ3) is 9.41. The van der Waals surface area contributed by atoms with Crippen molar-refractivity contribution in [3.8, 4) is 0 Å². The zero-order valence-corrected chi connectivity index (χ0v) is 27.7. The van der Waals surface area contributed by atoms with Gasteiger partial charge in [-0.25, -0.2) is 14.6 Å². The summed E-state index contributed by atoms with van der Waals surface area (Å²) >= 11 is 0. The minimum Gasteiger partial charge on any atom is -0.454 e. The average molecular weight is 629 g/mol. The highest BCUT2D eigenvalue weighted by Crippen LogP contribution is 2.33. The van der Waals surface area contributed by atoms with Gasteiger partial charge in [0, 0.05) is 6.08 Å². The fourth-order valence-electron chi connectivity index (χ4n) is 7.58. The van der Waals surface area contributed by atoms with Crippen molar-refractivity contribution in [2.24, 2.45) is 23.7 Å². The van der Waals surface area contributed by atoms with E-state index in [0.29, 0.717) is 13.2 Å². The molecule has 2 saturated heterocycles. The molecule has 0 spiro atoms. The second-order valence-corrected chi connectivity index (χ2v) is 14.4. The Kier molecular flexibility index (Phi) is 11.8. The average Bonchev–Trinajstić information content (AvgIpc) is 3.66. The van der Waals surface area contributed by atoms with E-state index >= 15 is 0 Å². The zero-order valence-electron chi connectivity index (χ0n) is 27.7. The van der Waals surface area contributed by atoms with Crippen LogP contribution in [0.1, 0.15) is 87.5 Å². The fraction of sp³-hybridized carbons (Fsp3) is 0.575. The van der Waals surface area contributed by atoms with Gasteiger partial charge in [-0.15, -0.1) is 0 Å². The molecule has 248 valence electrons.